The van der Waals surface area contributed by atoms with E-state index in [4.69, 9.17) is 0 Å². The lowest BCUT2D eigenvalue weighted by Crippen LogP contribution is -2.04. The van der Waals surface area contributed by atoms with E-state index < -0.39 is 0 Å². The second kappa shape index (κ2) is 6.10. The number of hydrogen-bond donors (Lipinski definition) is 1. The number of pyridine rings is 1. The molecule has 4 nitrogen and oxygen atoms in total. The molecule has 0 saturated heterocycles. The Morgan fingerprint density at radius 3 is 2.83 bits per heavy atom. The number of nitrogens with one attached hydrogen (secondary N) is 1. The van der Waals surface area contributed by atoms with Gasteiger partial charge >= 0.3 is 0 Å². The van der Waals surface area contributed by atoms with Gasteiger partial charge in [-0.25, -0.2) is 9.97 Å². The summed E-state index contributed by atoms with van der Waals surface area (Å²) < 4.78 is 0. The van der Waals surface area contributed by atoms with E-state index in [1.807, 2.05) is 25.4 Å². The summed E-state index contributed by atoms with van der Waals surface area (Å²) in [6, 6.07) is 6.00. The van der Waals surface area contributed by atoms with E-state index >= 15 is 0 Å². The maximum Gasteiger partial charge on any atom is 0.131 e. The zero-order valence-corrected chi connectivity index (χ0v) is 10.8. The summed E-state index contributed by atoms with van der Waals surface area (Å²) >= 11 is 0. The molecule has 0 spiro atoms. The lowest BCUT2D eigenvalue weighted by molar-refractivity contribution is 0.819. The zero-order valence-electron chi connectivity index (χ0n) is 10.8. The highest BCUT2D eigenvalue weighted by atomic mass is 15.0. The Morgan fingerprint density at radius 1 is 1.28 bits per heavy atom. The van der Waals surface area contributed by atoms with Crippen LogP contribution >= 0.6 is 0 Å². The molecule has 0 fully saturated rings. The van der Waals surface area contributed by atoms with E-state index in [9.17, 15) is 0 Å². The second-order valence-corrected chi connectivity index (χ2v) is 4.20. The molecule has 0 unspecified atom stereocenters. The third kappa shape index (κ3) is 3.26. The van der Waals surface area contributed by atoms with Crippen molar-refractivity contribution in [2.75, 3.05) is 12.4 Å². The molecule has 18 heavy (non-hydrogen) atoms. The van der Waals surface area contributed by atoms with Crippen molar-refractivity contribution in [3.05, 3.63) is 47.7 Å². The molecule has 0 amide bonds. The van der Waals surface area contributed by atoms with Gasteiger partial charge in [0.05, 0.1) is 5.69 Å². The zero-order chi connectivity index (χ0) is 12.8. The predicted octanol–water partition coefficient (Wildman–Crippen LogP) is 2.46. The summed E-state index contributed by atoms with van der Waals surface area (Å²) in [5, 5.41) is 3.09. The molecular weight excluding hydrogens is 224 g/mol. The van der Waals surface area contributed by atoms with Gasteiger partial charge in [0.15, 0.2) is 0 Å². The fourth-order valence-electron chi connectivity index (χ4n) is 1.82. The smallest absolute Gasteiger partial charge is 0.131 e. The first-order valence-electron chi connectivity index (χ1n) is 6.25. The van der Waals surface area contributed by atoms with Crippen molar-refractivity contribution in [3.8, 4) is 0 Å². The molecule has 0 aliphatic heterocycles. The Kier molecular flexibility index (Phi) is 4.23. The summed E-state index contributed by atoms with van der Waals surface area (Å²) in [6.45, 7) is 2.14. The largest absolute Gasteiger partial charge is 0.373 e. The fraction of sp³-hybridized carbons (Fsp3) is 0.357. The van der Waals surface area contributed by atoms with Crippen molar-refractivity contribution in [3.63, 3.8) is 0 Å². The van der Waals surface area contributed by atoms with Crippen LogP contribution in [0.25, 0.3) is 0 Å². The first kappa shape index (κ1) is 12.5. The van der Waals surface area contributed by atoms with Crippen LogP contribution in [0.4, 0.5) is 5.82 Å². The monoisotopic (exact) mass is 242 g/mol. The molecule has 0 aromatic carbocycles. The van der Waals surface area contributed by atoms with Gasteiger partial charge in [0.2, 0.25) is 0 Å². The van der Waals surface area contributed by atoms with Crippen LogP contribution in [0, 0.1) is 0 Å². The summed E-state index contributed by atoms with van der Waals surface area (Å²) in [6.07, 6.45) is 6.42. The molecule has 4 heteroatoms. The second-order valence-electron chi connectivity index (χ2n) is 4.20. The Hall–Kier alpha value is -1.97. The Morgan fingerprint density at radius 2 is 2.17 bits per heavy atom. The van der Waals surface area contributed by atoms with Crippen molar-refractivity contribution in [2.45, 2.75) is 26.2 Å². The third-order valence-electron chi connectivity index (χ3n) is 2.66. The molecule has 94 valence electrons. The SMILES string of the molecule is CCCc1nc(Cc2cccnc2)cc(NC)n1. The molecule has 0 aliphatic carbocycles. The highest BCUT2D eigenvalue weighted by Gasteiger charge is 2.04. The first-order valence-corrected chi connectivity index (χ1v) is 6.25. The quantitative estimate of drug-likeness (QED) is 0.875. The van der Waals surface area contributed by atoms with E-state index in [1.165, 1.54) is 5.56 Å². The molecule has 0 atom stereocenters. The van der Waals surface area contributed by atoms with Crippen molar-refractivity contribution >= 4 is 5.82 Å². The molecule has 2 aromatic rings. The van der Waals surface area contributed by atoms with Gasteiger partial charge in [-0.1, -0.05) is 13.0 Å². The number of aromatic nitrogens is 3. The minimum absolute atomic E-state index is 0.793. The van der Waals surface area contributed by atoms with Crippen molar-refractivity contribution in [1.82, 2.24) is 15.0 Å². The van der Waals surface area contributed by atoms with E-state index in [1.54, 1.807) is 6.20 Å². The van der Waals surface area contributed by atoms with Gasteiger partial charge in [0.25, 0.3) is 0 Å². The van der Waals surface area contributed by atoms with Crippen LogP contribution < -0.4 is 5.32 Å². The summed E-state index contributed by atoms with van der Waals surface area (Å²) in [4.78, 5) is 13.2. The molecule has 0 saturated carbocycles. The van der Waals surface area contributed by atoms with Crippen LogP contribution in [0.3, 0.4) is 0 Å². The standard InChI is InChI=1S/C14H18N4/c1-3-5-13-17-12(9-14(15-2)18-13)8-11-6-4-7-16-10-11/h4,6-7,9-10H,3,5,8H2,1-2H3,(H,15,17,18). The molecular formula is C14H18N4. The highest BCUT2D eigenvalue weighted by molar-refractivity contribution is 5.36. The minimum Gasteiger partial charge on any atom is -0.373 e. The van der Waals surface area contributed by atoms with Crippen molar-refractivity contribution in [2.24, 2.45) is 0 Å². The third-order valence-corrected chi connectivity index (χ3v) is 2.66. The molecule has 1 N–H and O–H groups in total. The van der Waals surface area contributed by atoms with Crippen LogP contribution in [-0.4, -0.2) is 22.0 Å². The van der Waals surface area contributed by atoms with E-state index in [0.29, 0.717) is 0 Å². The van der Waals surface area contributed by atoms with Crippen molar-refractivity contribution in [1.29, 1.82) is 0 Å². The predicted molar refractivity (Wildman–Crippen MR) is 72.6 cm³/mol. The average Bonchev–Trinajstić information content (AvgIpc) is 2.40. The van der Waals surface area contributed by atoms with Gasteiger partial charge < -0.3 is 5.32 Å². The van der Waals surface area contributed by atoms with Gasteiger partial charge in [-0.15, -0.1) is 0 Å². The van der Waals surface area contributed by atoms with Crippen molar-refractivity contribution < 1.29 is 0 Å². The van der Waals surface area contributed by atoms with Crippen LogP contribution in [0.2, 0.25) is 0 Å². The van der Waals surface area contributed by atoms with Crippen LogP contribution in [0.5, 0.6) is 0 Å². The van der Waals surface area contributed by atoms with Gasteiger partial charge in [-0.05, 0) is 18.1 Å². The summed E-state index contributed by atoms with van der Waals surface area (Å²) in [5.41, 5.74) is 2.20. The van der Waals surface area contributed by atoms with E-state index in [0.717, 1.165) is 36.6 Å². The molecule has 2 heterocycles. The highest BCUT2D eigenvalue weighted by Crippen LogP contribution is 2.11. The van der Waals surface area contributed by atoms with E-state index in [2.05, 4.69) is 33.3 Å². The minimum atomic E-state index is 0.793. The van der Waals surface area contributed by atoms with E-state index in [-0.39, 0.29) is 0 Å². The Bertz CT molecular complexity index is 496. The number of anilines is 1. The molecule has 0 radical (unpaired) electrons. The maximum absolute atomic E-state index is 4.59. The fourth-order valence-corrected chi connectivity index (χ4v) is 1.82. The molecule has 2 rings (SSSR count). The number of aryl methyl sites for hydroxylation is 1. The number of rotatable bonds is 5. The lowest BCUT2D eigenvalue weighted by Gasteiger charge is -2.07. The molecule has 0 aliphatic rings. The average molecular weight is 242 g/mol. The van der Waals surface area contributed by atoms with Gasteiger partial charge in [-0.2, -0.15) is 0 Å². The Labute approximate surface area is 108 Å². The normalized spacial score (nSPS) is 10.3. The Balaban J connectivity index is 2.24. The molecule has 0 bridgehead atoms. The first-order chi connectivity index (χ1) is 8.81. The lowest BCUT2D eigenvalue weighted by atomic mass is 10.1. The summed E-state index contributed by atoms with van der Waals surface area (Å²) in [5.74, 6) is 1.79. The molecule has 2 aromatic heterocycles. The van der Waals surface area contributed by atoms with Crippen LogP contribution in [0.15, 0.2) is 30.6 Å². The van der Waals surface area contributed by atoms with Gasteiger partial charge in [0, 0.05) is 38.3 Å². The summed E-state index contributed by atoms with van der Waals surface area (Å²) in [7, 11) is 1.88. The number of nitrogens with zero attached hydrogens (tertiary/aromatic N) is 3. The maximum atomic E-state index is 4.59. The van der Waals surface area contributed by atoms with Crippen LogP contribution in [0.1, 0.15) is 30.4 Å². The number of hydrogen-bond acceptors (Lipinski definition) is 4. The topological polar surface area (TPSA) is 50.7 Å². The van der Waals surface area contributed by atoms with Crippen LogP contribution in [-0.2, 0) is 12.8 Å². The van der Waals surface area contributed by atoms with Gasteiger partial charge in [-0.3, -0.25) is 4.98 Å². The van der Waals surface area contributed by atoms with Gasteiger partial charge in [0.1, 0.15) is 11.6 Å².